The summed E-state index contributed by atoms with van der Waals surface area (Å²) in [5.74, 6) is -0.546. The average Bonchev–Trinajstić information content (AvgIpc) is 2.75. The standard InChI is InChI=1S/C11H18N3O2/c1-13-6-2-3-9(13)10(15)11(16)14-7-4-12-5-8-14/h9H,2-8H2,1H3/t9-/m1/s1. The molecule has 5 heteroatoms. The van der Waals surface area contributed by atoms with Gasteiger partial charge in [0, 0.05) is 26.2 Å². The van der Waals surface area contributed by atoms with Gasteiger partial charge in [-0.15, -0.1) is 0 Å². The van der Waals surface area contributed by atoms with Crippen LogP contribution in [0, 0.1) is 0 Å². The molecule has 2 rings (SSSR count). The molecule has 1 atom stereocenters. The summed E-state index contributed by atoms with van der Waals surface area (Å²) in [7, 11) is 1.91. The summed E-state index contributed by atoms with van der Waals surface area (Å²) >= 11 is 0. The van der Waals surface area contributed by atoms with Crippen LogP contribution in [0.5, 0.6) is 0 Å². The van der Waals surface area contributed by atoms with Gasteiger partial charge < -0.3 is 4.90 Å². The summed E-state index contributed by atoms with van der Waals surface area (Å²) in [4.78, 5) is 27.6. The van der Waals surface area contributed by atoms with E-state index in [0.717, 1.165) is 19.4 Å². The Balaban J connectivity index is 1.95. The van der Waals surface area contributed by atoms with Crippen molar-refractivity contribution in [3.8, 4) is 0 Å². The molecule has 1 amide bonds. The zero-order valence-electron chi connectivity index (χ0n) is 9.69. The first-order chi connectivity index (χ1) is 7.70. The van der Waals surface area contributed by atoms with Crippen LogP contribution in [0.3, 0.4) is 0 Å². The molecule has 0 aromatic rings. The van der Waals surface area contributed by atoms with Crippen molar-refractivity contribution < 1.29 is 9.59 Å². The number of Topliss-reactive ketones (excluding diaryl/α,β-unsaturated/α-hetero) is 1. The number of hydrogen-bond acceptors (Lipinski definition) is 3. The zero-order valence-corrected chi connectivity index (χ0v) is 9.69. The third-order valence-corrected chi connectivity index (χ3v) is 3.38. The van der Waals surface area contributed by atoms with Gasteiger partial charge in [0.2, 0.25) is 5.78 Å². The van der Waals surface area contributed by atoms with Crippen LogP contribution in [0.1, 0.15) is 12.8 Å². The Hall–Kier alpha value is -0.940. The Labute approximate surface area is 95.8 Å². The van der Waals surface area contributed by atoms with Gasteiger partial charge in [0.05, 0.1) is 6.04 Å². The van der Waals surface area contributed by atoms with Crippen molar-refractivity contribution in [1.29, 1.82) is 0 Å². The van der Waals surface area contributed by atoms with Gasteiger partial charge in [0.15, 0.2) is 0 Å². The van der Waals surface area contributed by atoms with Crippen molar-refractivity contribution in [1.82, 2.24) is 15.1 Å². The number of likely N-dealkylation sites (N-methyl/N-ethyl adjacent to an activating group) is 1. The van der Waals surface area contributed by atoms with Crippen molar-refractivity contribution in [2.24, 2.45) is 0 Å². The predicted octanol–water partition coefficient (Wildman–Crippen LogP) is -0.904. The van der Waals surface area contributed by atoms with Gasteiger partial charge in [-0.25, -0.2) is 5.32 Å². The summed E-state index contributed by atoms with van der Waals surface area (Å²) in [6, 6.07) is -0.189. The lowest BCUT2D eigenvalue weighted by Gasteiger charge is -2.27. The summed E-state index contributed by atoms with van der Waals surface area (Å²) in [6.45, 7) is 3.44. The summed E-state index contributed by atoms with van der Waals surface area (Å²) in [5.41, 5.74) is 0. The molecule has 0 saturated carbocycles. The van der Waals surface area contributed by atoms with Crippen molar-refractivity contribution in [2.75, 3.05) is 39.8 Å². The lowest BCUT2D eigenvalue weighted by molar-refractivity contribution is -0.147. The van der Waals surface area contributed by atoms with Crippen LogP contribution in [-0.4, -0.2) is 67.3 Å². The van der Waals surface area contributed by atoms with Gasteiger partial charge in [-0.05, 0) is 26.4 Å². The Kier molecular flexibility index (Phi) is 3.56. The summed E-state index contributed by atoms with van der Waals surface area (Å²) in [6.07, 6.45) is 1.83. The van der Waals surface area contributed by atoms with E-state index in [1.165, 1.54) is 0 Å². The van der Waals surface area contributed by atoms with Crippen LogP contribution in [0.4, 0.5) is 0 Å². The fourth-order valence-corrected chi connectivity index (χ4v) is 2.35. The molecule has 0 N–H and O–H groups in total. The smallest absolute Gasteiger partial charge is 0.291 e. The molecule has 5 nitrogen and oxygen atoms in total. The maximum atomic E-state index is 12.0. The third kappa shape index (κ3) is 2.25. The van der Waals surface area contributed by atoms with Crippen LogP contribution in [0.2, 0.25) is 0 Å². The second kappa shape index (κ2) is 4.93. The molecule has 2 aliphatic rings. The Bertz CT molecular complexity index is 287. The Morgan fingerprint density at radius 3 is 2.44 bits per heavy atom. The van der Waals surface area contributed by atoms with E-state index in [2.05, 4.69) is 5.32 Å². The van der Waals surface area contributed by atoms with Crippen LogP contribution < -0.4 is 5.32 Å². The van der Waals surface area contributed by atoms with Crippen molar-refractivity contribution in [3.05, 3.63) is 0 Å². The first-order valence-electron chi connectivity index (χ1n) is 5.87. The number of hydrogen-bond donors (Lipinski definition) is 0. The highest BCUT2D eigenvalue weighted by molar-refractivity contribution is 6.38. The summed E-state index contributed by atoms with van der Waals surface area (Å²) < 4.78 is 0. The number of likely N-dealkylation sites (tertiary alicyclic amines) is 1. The van der Waals surface area contributed by atoms with Gasteiger partial charge in [-0.1, -0.05) is 0 Å². The molecule has 2 fully saturated rings. The van der Waals surface area contributed by atoms with E-state index in [0.29, 0.717) is 26.2 Å². The highest BCUT2D eigenvalue weighted by Gasteiger charge is 2.34. The number of rotatable bonds is 2. The lowest BCUT2D eigenvalue weighted by atomic mass is 10.1. The monoisotopic (exact) mass is 224 g/mol. The number of amides is 1. The largest absolute Gasteiger partial charge is 0.333 e. The minimum Gasteiger partial charge on any atom is -0.333 e. The minimum absolute atomic E-state index is 0.189. The van der Waals surface area contributed by atoms with E-state index in [1.54, 1.807) is 4.90 Å². The van der Waals surface area contributed by atoms with E-state index in [9.17, 15) is 9.59 Å². The molecule has 89 valence electrons. The van der Waals surface area contributed by atoms with Crippen LogP contribution in [0.15, 0.2) is 0 Å². The maximum absolute atomic E-state index is 12.0. The quantitative estimate of drug-likeness (QED) is 0.571. The van der Waals surface area contributed by atoms with E-state index in [-0.39, 0.29) is 17.7 Å². The zero-order chi connectivity index (χ0) is 11.5. The number of ketones is 1. The van der Waals surface area contributed by atoms with E-state index >= 15 is 0 Å². The number of carbonyl (C=O) groups is 2. The first kappa shape index (κ1) is 11.5. The second-order valence-corrected chi connectivity index (χ2v) is 4.47. The molecule has 0 aliphatic carbocycles. The molecule has 2 heterocycles. The molecule has 0 aromatic heterocycles. The topological polar surface area (TPSA) is 54.7 Å². The second-order valence-electron chi connectivity index (χ2n) is 4.47. The number of nitrogens with zero attached hydrogens (tertiary/aromatic N) is 3. The molecule has 0 unspecified atom stereocenters. The average molecular weight is 224 g/mol. The third-order valence-electron chi connectivity index (χ3n) is 3.38. The summed E-state index contributed by atoms with van der Waals surface area (Å²) in [5, 5.41) is 4.17. The SMILES string of the molecule is CN1CCC[C@@H]1C(=O)C(=O)N1CC[N]CC1. The van der Waals surface area contributed by atoms with E-state index < -0.39 is 0 Å². The Morgan fingerprint density at radius 1 is 1.19 bits per heavy atom. The fraction of sp³-hybridized carbons (Fsp3) is 0.818. The van der Waals surface area contributed by atoms with Crippen LogP contribution in [0.25, 0.3) is 0 Å². The molecule has 0 bridgehead atoms. The highest BCUT2D eigenvalue weighted by Crippen LogP contribution is 2.16. The van der Waals surface area contributed by atoms with Crippen molar-refractivity contribution in [2.45, 2.75) is 18.9 Å². The van der Waals surface area contributed by atoms with E-state index in [1.807, 2.05) is 11.9 Å². The molecule has 1 radical (unpaired) electrons. The first-order valence-corrected chi connectivity index (χ1v) is 5.87. The van der Waals surface area contributed by atoms with Gasteiger partial charge in [0.1, 0.15) is 0 Å². The van der Waals surface area contributed by atoms with Crippen molar-refractivity contribution >= 4 is 11.7 Å². The molecule has 0 aromatic carbocycles. The molecule has 16 heavy (non-hydrogen) atoms. The number of piperazine rings is 1. The van der Waals surface area contributed by atoms with Gasteiger partial charge in [0.25, 0.3) is 5.91 Å². The molecular formula is C11H18N3O2. The normalized spacial score (nSPS) is 27.1. The molecular weight excluding hydrogens is 206 g/mol. The minimum atomic E-state index is -0.311. The predicted molar refractivity (Wildman–Crippen MR) is 59.1 cm³/mol. The number of carbonyl (C=O) groups excluding carboxylic acids is 2. The van der Waals surface area contributed by atoms with Gasteiger partial charge in [-0.2, -0.15) is 0 Å². The van der Waals surface area contributed by atoms with Gasteiger partial charge in [-0.3, -0.25) is 14.5 Å². The molecule has 2 aliphatic heterocycles. The van der Waals surface area contributed by atoms with E-state index in [4.69, 9.17) is 0 Å². The highest BCUT2D eigenvalue weighted by atomic mass is 16.2. The van der Waals surface area contributed by atoms with Crippen molar-refractivity contribution in [3.63, 3.8) is 0 Å². The Morgan fingerprint density at radius 2 is 1.88 bits per heavy atom. The molecule has 2 saturated heterocycles. The van der Waals surface area contributed by atoms with Crippen LogP contribution in [-0.2, 0) is 9.59 Å². The fourth-order valence-electron chi connectivity index (χ4n) is 2.35. The van der Waals surface area contributed by atoms with Gasteiger partial charge >= 0.3 is 0 Å². The lowest BCUT2D eigenvalue weighted by Crippen LogP contribution is -2.50. The molecule has 0 spiro atoms. The van der Waals surface area contributed by atoms with Crippen LogP contribution >= 0.6 is 0 Å². The maximum Gasteiger partial charge on any atom is 0.291 e.